The van der Waals surface area contributed by atoms with E-state index in [0.717, 1.165) is 37.6 Å². The second-order valence-electron chi connectivity index (χ2n) is 7.91. The van der Waals surface area contributed by atoms with E-state index in [1.54, 1.807) is 48.4 Å². The maximum Gasteiger partial charge on any atom is 0.258 e. The van der Waals surface area contributed by atoms with E-state index in [2.05, 4.69) is 21.8 Å². The molecule has 0 aliphatic carbocycles. The summed E-state index contributed by atoms with van der Waals surface area (Å²) < 4.78 is 18.7. The highest BCUT2D eigenvalue weighted by atomic mass is 19.1. The van der Waals surface area contributed by atoms with Crippen LogP contribution in [0.4, 0.5) is 15.9 Å². The summed E-state index contributed by atoms with van der Waals surface area (Å²) in [5.74, 6) is 1.10. The number of hydrogen-bond donors (Lipinski definition) is 0. The number of nitrogens with zero attached hydrogens (tertiary/aromatic N) is 4. The third-order valence-corrected chi connectivity index (χ3v) is 5.70. The maximum absolute atomic E-state index is 13.5. The first-order valence-electron chi connectivity index (χ1n) is 10.6. The monoisotopic (exact) mass is 434 g/mol. The highest BCUT2D eigenvalue weighted by Gasteiger charge is 2.20. The van der Waals surface area contributed by atoms with Crippen LogP contribution < -0.4 is 14.5 Å². The number of methoxy groups -OCH3 is 1. The van der Waals surface area contributed by atoms with Crippen LogP contribution in [0.5, 0.6) is 5.75 Å². The molecule has 32 heavy (non-hydrogen) atoms. The Balaban J connectivity index is 1.56. The number of benzene rings is 2. The summed E-state index contributed by atoms with van der Waals surface area (Å²) in [6, 6.07) is 16.9. The lowest BCUT2D eigenvalue weighted by Crippen LogP contribution is -2.44. The van der Waals surface area contributed by atoms with Gasteiger partial charge in [0.05, 0.1) is 13.7 Å². The van der Waals surface area contributed by atoms with Crippen LogP contribution in [-0.4, -0.2) is 56.1 Å². The minimum absolute atomic E-state index is 0.178. The summed E-state index contributed by atoms with van der Waals surface area (Å²) >= 11 is 0. The summed E-state index contributed by atoms with van der Waals surface area (Å²) in [5, 5.41) is 0. The minimum Gasteiger partial charge on any atom is -0.497 e. The van der Waals surface area contributed by atoms with Gasteiger partial charge in [0.15, 0.2) is 0 Å². The maximum atomic E-state index is 13.5. The zero-order chi connectivity index (χ0) is 22.5. The summed E-state index contributed by atoms with van der Waals surface area (Å²) in [6.07, 6.45) is 1.81. The molecule has 4 rings (SSSR count). The number of pyridine rings is 1. The van der Waals surface area contributed by atoms with Gasteiger partial charge in [-0.2, -0.15) is 0 Å². The lowest BCUT2D eigenvalue weighted by atomic mass is 10.1. The number of aromatic nitrogens is 1. The largest absolute Gasteiger partial charge is 0.497 e. The number of halogens is 1. The van der Waals surface area contributed by atoms with E-state index in [0.29, 0.717) is 23.5 Å². The molecule has 2 aromatic carbocycles. The molecular formula is C25H27FN4O2. The first-order valence-corrected chi connectivity index (χ1v) is 10.6. The summed E-state index contributed by atoms with van der Waals surface area (Å²) in [6.45, 7) is 4.24. The van der Waals surface area contributed by atoms with Crippen molar-refractivity contribution in [2.45, 2.75) is 6.54 Å². The topological polar surface area (TPSA) is 48.9 Å². The lowest BCUT2D eigenvalue weighted by molar-refractivity contribution is 0.0985. The Morgan fingerprint density at radius 1 is 1.00 bits per heavy atom. The molecule has 1 aliphatic rings. The number of amides is 1. The minimum atomic E-state index is -0.344. The van der Waals surface area contributed by atoms with Crippen molar-refractivity contribution < 1.29 is 13.9 Å². The number of ether oxygens (including phenoxy) is 1. The van der Waals surface area contributed by atoms with Gasteiger partial charge in [0.2, 0.25) is 0 Å². The van der Waals surface area contributed by atoms with E-state index in [4.69, 9.17) is 4.74 Å². The molecule has 1 aliphatic heterocycles. The van der Waals surface area contributed by atoms with Crippen LogP contribution in [0.2, 0.25) is 0 Å². The molecule has 166 valence electrons. The fraction of sp³-hybridized carbons (Fsp3) is 0.280. The van der Waals surface area contributed by atoms with E-state index >= 15 is 0 Å². The molecule has 1 amide bonds. The Kier molecular flexibility index (Phi) is 6.66. The number of piperazine rings is 1. The molecule has 0 atom stereocenters. The Hall–Kier alpha value is -3.45. The van der Waals surface area contributed by atoms with Gasteiger partial charge in [0.25, 0.3) is 5.91 Å². The molecule has 1 fully saturated rings. The second kappa shape index (κ2) is 9.78. The van der Waals surface area contributed by atoms with Gasteiger partial charge < -0.3 is 19.4 Å². The van der Waals surface area contributed by atoms with Gasteiger partial charge in [0.1, 0.15) is 17.4 Å². The van der Waals surface area contributed by atoms with Crippen LogP contribution in [0.15, 0.2) is 66.9 Å². The van der Waals surface area contributed by atoms with E-state index in [1.165, 1.54) is 12.1 Å². The number of likely N-dealkylation sites (N-methyl/N-ethyl adjacent to an activating group) is 1. The van der Waals surface area contributed by atoms with Gasteiger partial charge in [-0.3, -0.25) is 4.79 Å². The van der Waals surface area contributed by atoms with E-state index in [1.807, 2.05) is 18.3 Å². The van der Waals surface area contributed by atoms with E-state index < -0.39 is 0 Å². The molecule has 2 heterocycles. The van der Waals surface area contributed by atoms with Crippen molar-refractivity contribution in [1.82, 2.24) is 9.88 Å². The average Bonchev–Trinajstić information content (AvgIpc) is 2.84. The summed E-state index contributed by atoms with van der Waals surface area (Å²) in [4.78, 5) is 24.2. The van der Waals surface area contributed by atoms with Gasteiger partial charge in [-0.25, -0.2) is 9.37 Å². The zero-order valence-corrected chi connectivity index (χ0v) is 18.4. The summed E-state index contributed by atoms with van der Waals surface area (Å²) in [5.41, 5.74) is 2.04. The normalized spacial score (nSPS) is 14.3. The van der Waals surface area contributed by atoms with Crippen LogP contribution in [0.1, 0.15) is 15.9 Å². The SMILES string of the molecule is COc1ccc(C(=O)N(Cc2ccc(N3CCN(C)CC3)nc2)c2ccc(F)cc2)cc1. The highest BCUT2D eigenvalue weighted by molar-refractivity contribution is 6.06. The smallest absolute Gasteiger partial charge is 0.258 e. The number of carbonyl (C=O) groups is 1. The summed E-state index contributed by atoms with van der Waals surface area (Å²) in [7, 11) is 3.71. The van der Waals surface area contributed by atoms with Crippen molar-refractivity contribution in [3.8, 4) is 5.75 Å². The predicted molar refractivity (Wildman–Crippen MR) is 124 cm³/mol. The Morgan fingerprint density at radius 2 is 1.69 bits per heavy atom. The Morgan fingerprint density at radius 3 is 2.28 bits per heavy atom. The molecule has 6 nitrogen and oxygen atoms in total. The molecule has 0 unspecified atom stereocenters. The standard InChI is InChI=1S/C25H27FN4O2/c1-28-13-15-29(16-14-28)24-12-3-19(17-27-24)18-30(22-8-6-21(26)7-9-22)25(31)20-4-10-23(32-2)11-5-20/h3-12,17H,13-16,18H2,1-2H3. The first-order chi connectivity index (χ1) is 15.5. The van der Waals surface area contributed by atoms with Gasteiger partial charge >= 0.3 is 0 Å². The van der Waals surface area contributed by atoms with Gasteiger partial charge in [-0.1, -0.05) is 6.07 Å². The van der Waals surface area contributed by atoms with Crippen LogP contribution in [0.3, 0.4) is 0 Å². The number of rotatable bonds is 6. The van der Waals surface area contributed by atoms with Crippen molar-refractivity contribution in [2.75, 3.05) is 50.1 Å². The molecule has 0 radical (unpaired) electrons. The third-order valence-electron chi connectivity index (χ3n) is 5.70. The third kappa shape index (κ3) is 5.06. The van der Waals surface area contributed by atoms with Gasteiger partial charge in [0, 0.05) is 43.6 Å². The van der Waals surface area contributed by atoms with Crippen molar-refractivity contribution in [3.05, 3.63) is 83.8 Å². The lowest BCUT2D eigenvalue weighted by Gasteiger charge is -2.33. The van der Waals surface area contributed by atoms with Crippen LogP contribution in [0, 0.1) is 5.82 Å². The number of carbonyl (C=O) groups excluding carboxylic acids is 1. The molecule has 0 spiro atoms. The first kappa shape index (κ1) is 21.8. The van der Waals surface area contributed by atoms with Gasteiger partial charge in [-0.15, -0.1) is 0 Å². The van der Waals surface area contributed by atoms with Crippen molar-refractivity contribution in [1.29, 1.82) is 0 Å². The molecule has 0 saturated carbocycles. The van der Waals surface area contributed by atoms with E-state index in [9.17, 15) is 9.18 Å². The quantitative estimate of drug-likeness (QED) is 0.590. The van der Waals surface area contributed by atoms with Crippen molar-refractivity contribution >= 4 is 17.4 Å². The highest BCUT2D eigenvalue weighted by Crippen LogP contribution is 2.23. The molecule has 3 aromatic rings. The number of anilines is 2. The molecule has 0 bridgehead atoms. The second-order valence-corrected chi connectivity index (χ2v) is 7.91. The van der Waals surface area contributed by atoms with Crippen LogP contribution in [0.25, 0.3) is 0 Å². The van der Waals surface area contributed by atoms with Gasteiger partial charge in [-0.05, 0) is 67.2 Å². The molecular weight excluding hydrogens is 407 g/mol. The van der Waals surface area contributed by atoms with Crippen LogP contribution >= 0.6 is 0 Å². The fourth-order valence-electron chi connectivity index (χ4n) is 3.71. The van der Waals surface area contributed by atoms with E-state index in [-0.39, 0.29) is 11.7 Å². The average molecular weight is 435 g/mol. The predicted octanol–water partition coefficient (Wildman–Crippen LogP) is 3.83. The van der Waals surface area contributed by atoms with Crippen molar-refractivity contribution in [3.63, 3.8) is 0 Å². The molecule has 1 saturated heterocycles. The number of hydrogen-bond acceptors (Lipinski definition) is 5. The Bertz CT molecular complexity index is 1030. The molecule has 0 N–H and O–H groups in total. The Labute approximate surface area is 187 Å². The fourth-order valence-corrected chi connectivity index (χ4v) is 3.71. The molecule has 1 aromatic heterocycles. The molecule has 7 heteroatoms. The van der Waals surface area contributed by atoms with Crippen LogP contribution in [-0.2, 0) is 6.54 Å². The van der Waals surface area contributed by atoms with Crippen molar-refractivity contribution in [2.24, 2.45) is 0 Å². The zero-order valence-electron chi connectivity index (χ0n) is 18.4.